The molecule has 1 saturated heterocycles. The SMILES string of the molecule is CC[C@H](N)C(=O)N1CCC[C@@H]1C(=O)N[C@@H](Cc1ccccc1)C(=O)OC. The molecule has 0 aliphatic carbocycles. The van der Waals surface area contributed by atoms with Crippen molar-refractivity contribution in [3.05, 3.63) is 35.9 Å². The monoisotopic (exact) mass is 361 g/mol. The van der Waals surface area contributed by atoms with Crippen molar-refractivity contribution < 1.29 is 19.1 Å². The van der Waals surface area contributed by atoms with Crippen molar-refractivity contribution in [2.45, 2.75) is 50.7 Å². The molecule has 1 aliphatic rings. The van der Waals surface area contributed by atoms with Gasteiger partial charge in [0.2, 0.25) is 11.8 Å². The van der Waals surface area contributed by atoms with Gasteiger partial charge in [-0.15, -0.1) is 0 Å². The molecule has 1 heterocycles. The Morgan fingerprint density at radius 1 is 1.31 bits per heavy atom. The number of hydrogen-bond acceptors (Lipinski definition) is 5. The van der Waals surface area contributed by atoms with E-state index in [9.17, 15) is 14.4 Å². The molecule has 0 aromatic heterocycles. The minimum Gasteiger partial charge on any atom is -0.467 e. The van der Waals surface area contributed by atoms with Crippen molar-refractivity contribution in [2.75, 3.05) is 13.7 Å². The molecule has 1 aromatic carbocycles. The molecule has 0 radical (unpaired) electrons. The Morgan fingerprint density at radius 3 is 2.62 bits per heavy atom. The molecule has 0 bridgehead atoms. The van der Waals surface area contributed by atoms with Gasteiger partial charge < -0.3 is 20.7 Å². The van der Waals surface area contributed by atoms with Crippen molar-refractivity contribution >= 4 is 17.8 Å². The van der Waals surface area contributed by atoms with E-state index in [1.54, 1.807) is 0 Å². The largest absolute Gasteiger partial charge is 0.467 e. The molecule has 1 aliphatic heterocycles. The molecule has 1 fully saturated rings. The summed E-state index contributed by atoms with van der Waals surface area (Å²) in [4.78, 5) is 38.8. The number of hydrogen-bond donors (Lipinski definition) is 2. The summed E-state index contributed by atoms with van der Waals surface area (Å²) in [5.74, 6) is -1.07. The third-order valence-corrected chi connectivity index (χ3v) is 4.68. The Kier molecular flexibility index (Phi) is 7.15. The minimum atomic E-state index is -0.799. The number of ether oxygens (including phenoxy) is 1. The Morgan fingerprint density at radius 2 is 2.00 bits per heavy atom. The second-order valence-electron chi connectivity index (χ2n) is 6.48. The molecular formula is C19H27N3O4. The van der Waals surface area contributed by atoms with E-state index in [1.165, 1.54) is 12.0 Å². The molecule has 0 spiro atoms. The van der Waals surface area contributed by atoms with Crippen molar-refractivity contribution in [3.63, 3.8) is 0 Å². The summed E-state index contributed by atoms with van der Waals surface area (Å²) >= 11 is 0. The van der Waals surface area contributed by atoms with Crippen LogP contribution in [-0.4, -0.2) is 54.5 Å². The molecule has 1 aromatic rings. The highest BCUT2D eigenvalue weighted by Gasteiger charge is 2.37. The third-order valence-electron chi connectivity index (χ3n) is 4.68. The number of rotatable bonds is 7. The smallest absolute Gasteiger partial charge is 0.328 e. The number of carbonyl (C=O) groups is 3. The number of amides is 2. The lowest BCUT2D eigenvalue weighted by Crippen LogP contribution is -2.54. The Balaban J connectivity index is 2.08. The number of nitrogens with two attached hydrogens (primary N) is 1. The van der Waals surface area contributed by atoms with E-state index in [0.717, 1.165) is 12.0 Å². The lowest BCUT2D eigenvalue weighted by Gasteiger charge is -2.27. The van der Waals surface area contributed by atoms with Gasteiger partial charge in [0.05, 0.1) is 13.2 Å². The van der Waals surface area contributed by atoms with E-state index in [1.807, 2.05) is 37.3 Å². The second kappa shape index (κ2) is 9.33. The lowest BCUT2D eigenvalue weighted by molar-refractivity contribution is -0.146. The number of methoxy groups -OCH3 is 1. The van der Waals surface area contributed by atoms with Gasteiger partial charge in [-0.2, -0.15) is 0 Å². The molecule has 0 saturated carbocycles. The summed E-state index contributed by atoms with van der Waals surface area (Å²) in [7, 11) is 1.29. The van der Waals surface area contributed by atoms with Crippen LogP contribution in [0.5, 0.6) is 0 Å². The third kappa shape index (κ3) is 4.82. The van der Waals surface area contributed by atoms with Gasteiger partial charge in [0, 0.05) is 13.0 Å². The number of nitrogens with zero attached hydrogens (tertiary/aromatic N) is 1. The van der Waals surface area contributed by atoms with Crippen LogP contribution in [0.4, 0.5) is 0 Å². The number of esters is 1. The molecule has 7 heteroatoms. The molecule has 7 nitrogen and oxygen atoms in total. The van der Waals surface area contributed by atoms with Crippen LogP contribution in [0.1, 0.15) is 31.7 Å². The quantitative estimate of drug-likeness (QED) is 0.693. The molecule has 26 heavy (non-hydrogen) atoms. The molecule has 2 amide bonds. The van der Waals surface area contributed by atoms with Crippen LogP contribution in [0.3, 0.4) is 0 Å². The van der Waals surface area contributed by atoms with E-state index in [2.05, 4.69) is 5.32 Å². The van der Waals surface area contributed by atoms with Crippen LogP contribution in [0.25, 0.3) is 0 Å². The Bertz CT molecular complexity index is 635. The van der Waals surface area contributed by atoms with Crippen molar-refractivity contribution in [1.29, 1.82) is 0 Å². The molecule has 2 rings (SSSR count). The molecule has 3 atom stereocenters. The van der Waals surface area contributed by atoms with Crippen LogP contribution < -0.4 is 11.1 Å². The Labute approximate surface area is 153 Å². The second-order valence-corrected chi connectivity index (χ2v) is 6.48. The standard InChI is InChI=1S/C19H27N3O4/c1-3-14(20)18(24)22-11-7-10-16(22)17(23)21-15(19(25)26-2)12-13-8-5-4-6-9-13/h4-6,8-9,14-16H,3,7,10-12,20H2,1-2H3,(H,21,23)/t14-,15-,16+/m0/s1. The topological polar surface area (TPSA) is 102 Å². The highest BCUT2D eigenvalue weighted by molar-refractivity contribution is 5.92. The number of benzene rings is 1. The number of nitrogens with one attached hydrogen (secondary N) is 1. The summed E-state index contributed by atoms with van der Waals surface area (Å²) in [5, 5.41) is 2.75. The number of likely N-dealkylation sites (tertiary alicyclic amines) is 1. The van der Waals surface area contributed by atoms with E-state index >= 15 is 0 Å². The van der Waals surface area contributed by atoms with Crippen LogP contribution in [0.15, 0.2) is 30.3 Å². The predicted octanol–water partition coefficient (Wildman–Crippen LogP) is 0.615. The molecule has 142 valence electrons. The first kappa shape index (κ1) is 19.9. The minimum absolute atomic E-state index is 0.220. The zero-order valence-corrected chi connectivity index (χ0v) is 15.3. The fourth-order valence-electron chi connectivity index (χ4n) is 3.14. The summed E-state index contributed by atoms with van der Waals surface area (Å²) < 4.78 is 4.82. The highest BCUT2D eigenvalue weighted by Crippen LogP contribution is 2.19. The summed E-state index contributed by atoms with van der Waals surface area (Å²) in [6.07, 6.45) is 2.14. The zero-order valence-electron chi connectivity index (χ0n) is 15.3. The summed E-state index contributed by atoms with van der Waals surface area (Å²) in [6, 6.07) is 7.39. The van der Waals surface area contributed by atoms with Gasteiger partial charge in [-0.25, -0.2) is 4.79 Å². The van der Waals surface area contributed by atoms with Gasteiger partial charge >= 0.3 is 5.97 Å². The predicted molar refractivity (Wildman–Crippen MR) is 97.1 cm³/mol. The van der Waals surface area contributed by atoms with Crippen LogP contribution >= 0.6 is 0 Å². The summed E-state index contributed by atoms with van der Waals surface area (Å²) in [6.45, 7) is 2.34. The van der Waals surface area contributed by atoms with Gasteiger partial charge in [-0.1, -0.05) is 37.3 Å². The van der Waals surface area contributed by atoms with Crippen molar-refractivity contribution in [1.82, 2.24) is 10.2 Å². The average molecular weight is 361 g/mol. The fraction of sp³-hybridized carbons (Fsp3) is 0.526. The molecule has 0 unspecified atom stereocenters. The first-order chi connectivity index (χ1) is 12.5. The van der Waals surface area contributed by atoms with Gasteiger partial charge in [0.1, 0.15) is 12.1 Å². The van der Waals surface area contributed by atoms with E-state index in [-0.39, 0.29) is 11.8 Å². The maximum absolute atomic E-state index is 12.7. The van der Waals surface area contributed by atoms with Gasteiger partial charge in [-0.3, -0.25) is 9.59 Å². The van der Waals surface area contributed by atoms with Gasteiger partial charge in [0.25, 0.3) is 0 Å². The normalized spacial score (nSPS) is 18.9. The van der Waals surface area contributed by atoms with Crippen LogP contribution in [-0.2, 0) is 25.5 Å². The van der Waals surface area contributed by atoms with E-state index < -0.39 is 24.1 Å². The highest BCUT2D eigenvalue weighted by atomic mass is 16.5. The summed E-state index contributed by atoms with van der Waals surface area (Å²) in [5.41, 5.74) is 6.75. The van der Waals surface area contributed by atoms with Crippen LogP contribution in [0.2, 0.25) is 0 Å². The number of carbonyl (C=O) groups excluding carboxylic acids is 3. The molecule has 3 N–H and O–H groups in total. The van der Waals surface area contributed by atoms with E-state index in [0.29, 0.717) is 25.8 Å². The van der Waals surface area contributed by atoms with Crippen LogP contribution in [0, 0.1) is 0 Å². The van der Waals surface area contributed by atoms with Gasteiger partial charge in [0.15, 0.2) is 0 Å². The first-order valence-corrected chi connectivity index (χ1v) is 8.96. The van der Waals surface area contributed by atoms with Gasteiger partial charge in [-0.05, 0) is 24.8 Å². The fourth-order valence-corrected chi connectivity index (χ4v) is 3.14. The Hall–Kier alpha value is -2.41. The van der Waals surface area contributed by atoms with Crippen molar-refractivity contribution in [2.24, 2.45) is 5.73 Å². The zero-order chi connectivity index (χ0) is 19.1. The maximum Gasteiger partial charge on any atom is 0.328 e. The lowest BCUT2D eigenvalue weighted by atomic mass is 10.1. The van der Waals surface area contributed by atoms with Crippen molar-refractivity contribution in [3.8, 4) is 0 Å². The maximum atomic E-state index is 12.7. The molecular weight excluding hydrogens is 334 g/mol. The first-order valence-electron chi connectivity index (χ1n) is 8.96. The van der Waals surface area contributed by atoms with E-state index in [4.69, 9.17) is 10.5 Å². The average Bonchev–Trinajstić information content (AvgIpc) is 3.16.